The molecule has 148 valence electrons. The van der Waals surface area contributed by atoms with Crippen molar-refractivity contribution in [3.8, 4) is 0 Å². The number of benzene rings is 1. The third-order valence-corrected chi connectivity index (χ3v) is 5.26. The third-order valence-electron chi connectivity index (χ3n) is 4.00. The number of guanidine groups is 1. The van der Waals surface area contributed by atoms with Gasteiger partial charge in [-0.2, -0.15) is 0 Å². The zero-order chi connectivity index (χ0) is 20.0. The van der Waals surface area contributed by atoms with E-state index in [4.69, 9.17) is 4.52 Å². The van der Waals surface area contributed by atoms with Gasteiger partial charge in [0.05, 0.1) is 23.7 Å². The highest BCUT2D eigenvalue weighted by Crippen LogP contribution is 2.17. The molecule has 0 spiro atoms. The van der Waals surface area contributed by atoms with Gasteiger partial charge in [0.1, 0.15) is 0 Å². The maximum atomic E-state index is 11.7. The molecule has 0 fully saturated rings. The van der Waals surface area contributed by atoms with Gasteiger partial charge in [-0.25, -0.2) is 13.4 Å². The Kier molecular flexibility index (Phi) is 7.01. The highest BCUT2D eigenvalue weighted by molar-refractivity contribution is 7.90. The fraction of sp³-hybridized carbons (Fsp3) is 0.474. The van der Waals surface area contributed by atoms with E-state index in [9.17, 15) is 8.42 Å². The molecule has 2 aromatic rings. The highest BCUT2D eigenvalue weighted by Gasteiger charge is 2.11. The topological polar surface area (TPSA) is 96.6 Å². The summed E-state index contributed by atoms with van der Waals surface area (Å²) in [5.41, 5.74) is 2.60. The number of hydrogen-bond donors (Lipinski definition) is 2. The second-order valence-electron chi connectivity index (χ2n) is 6.79. The fourth-order valence-corrected chi connectivity index (χ4v) is 3.55. The minimum atomic E-state index is -3.21. The van der Waals surface area contributed by atoms with Gasteiger partial charge in [0.25, 0.3) is 0 Å². The molecule has 0 aliphatic carbocycles. The van der Waals surface area contributed by atoms with Crippen LogP contribution in [-0.2, 0) is 22.9 Å². The molecule has 8 heteroatoms. The smallest absolute Gasteiger partial charge is 0.191 e. The Labute approximate surface area is 161 Å². The first-order valence-corrected chi connectivity index (χ1v) is 10.9. The van der Waals surface area contributed by atoms with E-state index in [-0.39, 0.29) is 0 Å². The van der Waals surface area contributed by atoms with Crippen LogP contribution in [0.3, 0.4) is 0 Å². The molecule has 27 heavy (non-hydrogen) atoms. The van der Waals surface area contributed by atoms with Crippen molar-refractivity contribution in [2.75, 3.05) is 12.8 Å². The van der Waals surface area contributed by atoms with Gasteiger partial charge in [-0.3, -0.25) is 0 Å². The molecule has 0 aliphatic heterocycles. The molecule has 1 aromatic carbocycles. The van der Waals surface area contributed by atoms with E-state index in [0.29, 0.717) is 29.9 Å². The molecule has 1 aromatic heterocycles. The summed E-state index contributed by atoms with van der Waals surface area (Å²) in [4.78, 5) is 4.91. The number of hydrogen-bond acceptors (Lipinski definition) is 5. The zero-order valence-corrected chi connectivity index (χ0v) is 17.4. The monoisotopic (exact) mass is 392 g/mol. The Balaban J connectivity index is 2.05. The van der Waals surface area contributed by atoms with Crippen molar-refractivity contribution in [3.63, 3.8) is 0 Å². The van der Waals surface area contributed by atoms with Crippen LogP contribution < -0.4 is 10.6 Å². The average Bonchev–Trinajstić information content (AvgIpc) is 3.05. The van der Waals surface area contributed by atoms with Crippen molar-refractivity contribution in [2.24, 2.45) is 4.99 Å². The van der Waals surface area contributed by atoms with Gasteiger partial charge in [0.2, 0.25) is 0 Å². The molecule has 0 unspecified atom stereocenters. The Morgan fingerprint density at radius 1 is 1.26 bits per heavy atom. The van der Waals surface area contributed by atoms with Crippen LogP contribution in [0.15, 0.2) is 38.7 Å². The Morgan fingerprint density at radius 3 is 2.56 bits per heavy atom. The van der Waals surface area contributed by atoms with Crippen LogP contribution in [0.25, 0.3) is 0 Å². The van der Waals surface area contributed by atoms with Crippen LogP contribution in [0.1, 0.15) is 49.3 Å². The second kappa shape index (κ2) is 9.03. The summed E-state index contributed by atoms with van der Waals surface area (Å²) in [5.74, 6) is 1.73. The lowest BCUT2D eigenvalue weighted by molar-refractivity contribution is 0.372. The number of sulfone groups is 1. The van der Waals surface area contributed by atoms with E-state index in [1.165, 1.54) is 6.26 Å². The summed E-state index contributed by atoms with van der Waals surface area (Å²) in [6.07, 6.45) is 1.22. The summed E-state index contributed by atoms with van der Waals surface area (Å²) in [5, 5.41) is 10.4. The van der Waals surface area contributed by atoms with E-state index in [1.54, 1.807) is 19.1 Å². The van der Waals surface area contributed by atoms with Gasteiger partial charge in [-0.15, -0.1) is 0 Å². The van der Waals surface area contributed by atoms with Gasteiger partial charge < -0.3 is 15.2 Å². The predicted octanol–water partition coefficient (Wildman–Crippen LogP) is 2.77. The van der Waals surface area contributed by atoms with Gasteiger partial charge in [-0.05, 0) is 37.0 Å². The number of aryl methyl sites for hydroxylation is 1. The zero-order valence-electron chi connectivity index (χ0n) is 16.5. The summed E-state index contributed by atoms with van der Waals surface area (Å²) >= 11 is 0. The van der Waals surface area contributed by atoms with E-state index < -0.39 is 9.84 Å². The molecule has 0 radical (unpaired) electrons. The summed E-state index contributed by atoms with van der Waals surface area (Å²) in [6, 6.07) is 7.23. The molecule has 0 saturated heterocycles. The fourth-order valence-electron chi connectivity index (χ4n) is 2.59. The molecule has 0 atom stereocenters. The van der Waals surface area contributed by atoms with Crippen molar-refractivity contribution in [1.29, 1.82) is 0 Å². The number of aliphatic imine (C=N–C) groups is 1. The largest absolute Gasteiger partial charge is 0.359 e. The van der Waals surface area contributed by atoms with Crippen LogP contribution in [0.2, 0.25) is 0 Å². The summed E-state index contributed by atoms with van der Waals surface area (Å²) in [7, 11) is -3.21. The van der Waals surface area contributed by atoms with Gasteiger partial charge in [0.15, 0.2) is 21.6 Å². The number of aromatic nitrogens is 1. The molecule has 0 saturated carbocycles. The molecule has 2 rings (SSSR count). The lowest BCUT2D eigenvalue weighted by Gasteiger charge is -2.10. The molecular formula is C19H28N4O3S. The quantitative estimate of drug-likeness (QED) is 0.556. The predicted molar refractivity (Wildman–Crippen MR) is 107 cm³/mol. The van der Waals surface area contributed by atoms with Crippen molar-refractivity contribution >= 4 is 15.8 Å². The first-order valence-electron chi connectivity index (χ1n) is 8.98. The van der Waals surface area contributed by atoms with Crippen LogP contribution in [0, 0.1) is 6.92 Å². The van der Waals surface area contributed by atoms with Crippen LogP contribution in [0.5, 0.6) is 0 Å². The lowest BCUT2D eigenvalue weighted by atomic mass is 10.1. The van der Waals surface area contributed by atoms with Crippen molar-refractivity contribution in [3.05, 3.63) is 46.8 Å². The van der Waals surface area contributed by atoms with Crippen molar-refractivity contribution in [1.82, 2.24) is 15.8 Å². The summed E-state index contributed by atoms with van der Waals surface area (Å²) < 4.78 is 28.8. The first-order chi connectivity index (χ1) is 12.7. The van der Waals surface area contributed by atoms with E-state index in [0.717, 1.165) is 29.1 Å². The van der Waals surface area contributed by atoms with E-state index >= 15 is 0 Å². The molecular weight excluding hydrogens is 364 g/mol. The first kappa shape index (κ1) is 21.0. The van der Waals surface area contributed by atoms with Crippen molar-refractivity contribution in [2.45, 2.75) is 51.6 Å². The molecule has 0 bridgehead atoms. The third kappa shape index (κ3) is 6.09. The Morgan fingerprint density at radius 2 is 2.00 bits per heavy atom. The number of nitrogens with one attached hydrogen (secondary N) is 2. The number of rotatable bonds is 7. The highest BCUT2D eigenvalue weighted by atomic mass is 32.2. The Hall–Kier alpha value is -2.35. The molecule has 0 aliphatic rings. The van der Waals surface area contributed by atoms with E-state index in [2.05, 4.69) is 34.6 Å². The van der Waals surface area contributed by atoms with Gasteiger partial charge in [0, 0.05) is 18.9 Å². The molecule has 2 N–H and O–H groups in total. The average molecular weight is 393 g/mol. The lowest BCUT2D eigenvalue weighted by Crippen LogP contribution is -2.36. The molecule has 1 heterocycles. The van der Waals surface area contributed by atoms with Crippen LogP contribution in [0.4, 0.5) is 0 Å². The maximum absolute atomic E-state index is 11.7. The van der Waals surface area contributed by atoms with Gasteiger partial charge in [-0.1, -0.05) is 31.1 Å². The summed E-state index contributed by atoms with van der Waals surface area (Å²) in [6.45, 7) is 9.57. The normalized spacial score (nSPS) is 12.4. The van der Waals surface area contributed by atoms with Crippen molar-refractivity contribution < 1.29 is 12.9 Å². The SMILES string of the molecule is CCNC(=NCc1ccc(S(C)(=O)=O)c(C)c1)NCc1cc(C(C)C)no1. The number of nitrogens with zero attached hydrogens (tertiary/aromatic N) is 2. The van der Waals surface area contributed by atoms with Crippen LogP contribution >= 0.6 is 0 Å². The van der Waals surface area contributed by atoms with E-state index in [1.807, 2.05) is 19.1 Å². The van der Waals surface area contributed by atoms with Crippen LogP contribution in [-0.4, -0.2) is 32.3 Å². The molecule has 0 amide bonds. The minimum Gasteiger partial charge on any atom is -0.359 e. The van der Waals surface area contributed by atoms with Gasteiger partial charge >= 0.3 is 0 Å². The Bertz CT molecular complexity index is 901. The molecule has 7 nitrogen and oxygen atoms in total. The standard InChI is InChI=1S/C19H28N4O3S/c1-6-20-19(22-12-16-10-17(13(2)3)23-26-16)21-11-15-7-8-18(14(4)9-15)27(5,24)25/h7-10,13H,6,11-12H2,1-5H3,(H2,20,21,22). The minimum absolute atomic E-state index is 0.322. The maximum Gasteiger partial charge on any atom is 0.191 e. The second-order valence-corrected chi connectivity index (χ2v) is 8.78.